The quantitative estimate of drug-likeness (QED) is 0.766. The molecule has 0 saturated carbocycles. The zero-order chi connectivity index (χ0) is 13.1. The van der Waals surface area contributed by atoms with Crippen LogP contribution in [0.3, 0.4) is 0 Å². The van der Waals surface area contributed by atoms with Gasteiger partial charge in [-0.15, -0.1) is 0 Å². The van der Waals surface area contributed by atoms with Gasteiger partial charge in [-0.1, -0.05) is 6.07 Å². The SMILES string of the molecule is CCOC(=O)C1c2ccc(OC)cc2CCN1C. The van der Waals surface area contributed by atoms with Crippen molar-refractivity contribution in [1.82, 2.24) is 4.90 Å². The van der Waals surface area contributed by atoms with E-state index in [1.54, 1.807) is 7.11 Å². The van der Waals surface area contributed by atoms with E-state index < -0.39 is 0 Å². The minimum atomic E-state index is -0.292. The normalized spacial score (nSPS) is 19.2. The number of esters is 1. The number of fused-ring (bicyclic) bond motifs is 1. The van der Waals surface area contributed by atoms with Crippen LogP contribution >= 0.6 is 0 Å². The summed E-state index contributed by atoms with van der Waals surface area (Å²) in [5, 5.41) is 0. The van der Waals surface area contributed by atoms with Crippen LogP contribution in [-0.4, -0.2) is 38.2 Å². The van der Waals surface area contributed by atoms with Crippen molar-refractivity contribution in [3.8, 4) is 5.75 Å². The molecule has 0 radical (unpaired) electrons. The molecule has 0 amide bonds. The minimum Gasteiger partial charge on any atom is -0.497 e. The minimum absolute atomic E-state index is 0.175. The maximum atomic E-state index is 12.0. The van der Waals surface area contributed by atoms with E-state index in [0.29, 0.717) is 6.61 Å². The average Bonchev–Trinajstić information content (AvgIpc) is 2.38. The highest BCUT2D eigenvalue weighted by molar-refractivity contribution is 5.78. The zero-order valence-corrected chi connectivity index (χ0v) is 11.1. The van der Waals surface area contributed by atoms with Gasteiger partial charge in [-0.25, -0.2) is 4.79 Å². The Morgan fingerprint density at radius 2 is 2.28 bits per heavy atom. The van der Waals surface area contributed by atoms with Crippen LogP contribution in [0.15, 0.2) is 18.2 Å². The maximum absolute atomic E-state index is 12.0. The summed E-state index contributed by atoms with van der Waals surface area (Å²) < 4.78 is 10.4. The maximum Gasteiger partial charge on any atom is 0.327 e. The lowest BCUT2D eigenvalue weighted by molar-refractivity contribution is -0.149. The second-order valence-electron chi connectivity index (χ2n) is 4.45. The highest BCUT2D eigenvalue weighted by Crippen LogP contribution is 2.31. The molecule has 4 heteroatoms. The van der Waals surface area contributed by atoms with Gasteiger partial charge >= 0.3 is 5.97 Å². The van der Waals surface area contributed by atoms with Crippen molar-refractivity contribution in [1.29, 1.82) is 0 Å². The van der Waals surface area contributed by atoms with E-state index in [9.17, 15) is 4.79 Å². The monoisotopic (exact) mass is 249 g/mol. The van der Waals surface area contributed by atoms with Gasteiger partial charge in [-0.3, -0.25) is 4.90 Å². The van der Waals surface area contributed by atoms with Gasteiger partial charge in [0.1, 0.15) is 11.8 Å². The molecule has 1 aliphatic heterocycles. The highest BCUT2D eigenvalue weighted by atomic mass is 16.5. The molecule has 18 heavy (non-hydrogen) atoms. The first-order chi connectivity index (χ1) is 8.67. The van der Waals surface area contributed by atoms with Crippen LogP contribution in [0.2, 0.25) is 0 Å². The smallest absolute Gasteiger partial charge is 0.327 e. The second kappa shape index (κ2) is 5.40. The third-order valence-corrected chi connectivity index (χ3v) is 3.33. The third-order valence-electron chi connectivity index (χ3n) is 3.33. The Morgan fingerprint density at radius 1 is 1.50 bits per heavy atom. The molecule has 0 spiro atoms. The highest BCUT2D eigenvalue weighted by Gasteiger charge is 2.31. The van der Waals surface area contributed by atoms with Crippen molar-refractivity contribution in [2.75, 3.05) is 27.3 Å². The fraction of sp³-hybridized carbons (Fsp3) is 0.500. The number of benzene rings is 1. The molecule has 0 aliphatic carbocycles. The molecule has 0 aromatic heterocycles. The number of likely N-dealkylation sites (N-methyl/N-ethyl adjacent to an activating group) is 1. The summed E-state index contributed by atoms with van der Waals surface area (Å²) in [6.45, 7) is 3.09. The first kappa shape index (κ1) is 12.9. The van der Waals surface area contributed by atoms with Gasteiger partial charge < -0.3 is 9.47 Å². The largest absolute Gasteiger partial charge is 0.497 e. The van der Waals surface area contributed by atoms with E-state index >= 15 is 0 Å². The molecule has 1 unspecified atom stereocenters. The van der Waals surface area contributed by atoms with Crippen LogP contribution < -0.4 is 4.74 Å². The van der Waals surface area contributed by atoms with Crippen LogP contribution in [0.25, 0.3) is 0 Å². The van der Waals surface area contributed by atoms with E-state index in [0.717, 1.165) is 24.3 Å². The standard InChI is InChI=1S/C14H19NO3/c1-4-18-14(16)13-12-6-5-11(17-3)9-10(12)7-8-15(13)2/h5-6,9,13H,4,7-8H2,1-3H3. The molecular weight excluding hydrogens is 230 g/mol. The Balaban J connectivity index is 2.35. The summed E-state index contributed by atoms with van der Waals surface area (Å²) in [5.74, 6) is 0.659. The molecule has 0 saturated heterocycles. The van der Waals surface area contributed by atoms with Gasteiger partial charge in [-0.05, 0) is 43.7 Å². The molecule has 0 fully saturated rings. The summed E-state index contributed by atoms with van der Waals surface area (Å²) in [7, 11) is 3.61. The molecular formula is C14H19NO3. The Hall–Kier alpha value is -1.55. The van der Waals surface area contributed by atoms with Crippen molar-refractivity contribution < 1.29 is 14.3 Å². The van der Waals surface area contributed by atoms with Crippen LogP contribution in [-0.2, 0) is 16.0 Å². The Bertz CT molecular complexity index is 445. The molecule has 0 bridgehead atoms. The Labute approximate surface area is 107 Å². The number of hydrogen-bond acceptors (Lipinski definition) is 4. The average molecular weight is 249 g/mol. The number of nitrogens with zero attached hydrogens (tertiary/aromatic N) is 1. The first-order valence-corrected chi connectivity index (χ1v) is 6.21. The molecule has 1 aromatic rings. The van der Waals surface area contributed by atoms with E-state index in [1.165, 1.54) is 5.56 Å². The molecule has 0 N–H and O–H groups in total. The number of ether oxygens (including phenoxy) is 2. The van der Waals surface area contributed by atoms with E-state index in [4.69, 9.17) is 9.47 Å². The van der Waals surface area contributed by atoms with Crippen molar-refractivity contribution in [3.05, 3.63) is 29.3 Å². The zero-order valence-electron chi connectivity index (χ0n) is 11.1. The van der Waals surface area contributed by atoms with Gasteiger partial charge in [0.2, 0.25) is 0 Å². The topological polar surface area (TPSA) is 38.8 Å². The number of rotatable bonds is 3. The van der Waals surface area contributed by atoms with Gasteiger partial charge in [0.15, 0.2) is 0 Å². The first-order valence-electron chi connectivity index (χ1n) is 6.21. The second-order valence-corrected chi connectivity index (χ2v) is 4.45. The Morgan fingerprint density at radius 3 is 2.94 bits per heavy atom. The van der Waals surface area contributed by atoms with Crippen molar-refractivity contribution >= 4 is 5.97 Å². The molecule has 1 atom stereocenters. The molecule has 4 nitrogen and oxygen atoms in total. The van der Waals surface area contributed by atoms with Crippen LogP contribution in [0.1, 0.15) is 24.1 Å². The van der Waals surface area contributed by atoms with Gasteiger partial charge in [-0.2, -0.15) is 0 Å². The van der Waals surface area contributed by atoms with Crippen LogP contribution in [0.4, 0.5) is 0 Å². The lowest BCUT2D eigenvalue weighted by Gasteiger charge is -2.32. The van der Waals surface area contributed by atoms with E-state index in [2.05, 4.69) is 0 Å². The summed E-state index contributed by atoms with van der Waals surface area (Å²) in [6.07, 6.45) is 0.930. The molecule has 1 aromatic carbocycles. The Kier molecular flexibility index (Phi) is 3.87. The predicted octanol–water partition coefficient (Wildman–Crippen LogP) is 1.79. The lowest BCUT2D eigenvalue weighted by atomic mass is 9.93. The van der Waals surface area contributed by atoms with E-state index in [-0.39, 0.29) is 12.0 Å². The van der Waals surface area contributed by atoms with Crippen molar-refractivity contribution in [2.45, 2.75) is 19.4 Å². The fourth-order valence-electron chi connectivity index (χ4n) is 2.38. The number of hydrogen-bond donors (Lipinski definition) is 0. The van der Waals surface area contributed by atoms with Gasteiger partial charge in [0.05, 0.1) is 13.7 Å². The molecule has 1 heterocycles. The van der Waals surface area contributed by atoms with Gasteiger partial charge in [0, 0.05) is 6.54 Å². The predicted molar refractivity (Wildman–Crippen MR) is 68.7 cm³/mol. The third kappa shape index (κ3) is 2.34. The summed E-state index contributed by atoms with van der Waals surface area (Å²) in [5.41, 5.74) is 2.20. The van der Waals surface area contributed by atoms with Gasteiger partial charge in [0.25, 0.3) is 0 Å². The van der Waals surface area contributed by atoms with Crippen molar-refractivity contribution in [2.24, 2.45) is 0 Å². The van der Waals surface area contributed by atoms with E-state index in [1.807, 2.05) is 37.1 Å². The van der Waals surface area contributed by atoms with Crippen LogP contribution in [0.5, 0.6) is 5.75 Å². The molecule has 2 rings (SSSR count). The fourth-order valence-corrected chi connectivity index (χ4v) is 2.38. The van der Waals surface area contributed by atoms with Crippen molar-refractivity contribution in [3.63, 3.8) is 0 Å². The summed E-state index contributed by atoms with van der Waals surface area (Å²) in [6, 6.07) is 5.57. The molecule has 98 valence electrons. The number of carbonyl (C=O) groups excluding carboxylic acids is 1. The number of methoxy groups -OCH3 is 1. The summed E-state index contributed by atoms with van der Waals surface area (Å²) in [4.78, 5) is 14.1. The molecule has 1 aliphatic rings. The summed E-state index contributed by atoms with van der Waals surface area (Å²) >= 11 is 0. The lowest BCUT2D eigenvalue weighted by Crippen LogP contribution is -2.37. The van der Waals surface area contributed by atoms with Crippen LogP contribution in [0, 0.1) is 0 Å². The number of carbonyl (C=O) groups is 1.